The molecular weight excluding hydrogens is 325 g/mol. The van der Waals surface area contributed by atoms with E-state index >= 15 is 0 Å². The summed E-state index contributed by atoms with van der Waals surface area (Å²) in [7, 11) is 0. The molecule has 1 aromatic carbocycles. The molecule has 0 unspecified atom stereocenters. The summed E-state index contributed by atoms with van der Waals surface area (Å²) in [5.41, 5.74) is -0.902. The molecule has 0 saturated carbocycles. The van der Waals surface area contributed by atoms with E-state index in [1.165, 1.54) is 0 Å². The minimum absolute atomic E-state index is 0.0874. The molecule has 8 heteroatoms. The molecule has 0 radical (unpaired) electrons. The van der Waals surface area contributed by atoms with Crippen LogP contribution in [-0.4, -0.2) is 18.6 Å². The van der Waals surface area contributed by atoms with E-state index in [0.717, 1.165) is 12.1 Å². The van der Waals surface area contributed by atoms with Gasteiger partial charge in [-0.05, 0) is 12.1 Å². The Hall–Kier alpha value is -1.18. The number of hydrogen-bond acceptors (Lipinski definition) is 1. The quantitative estimate of drug-likeness (QED) is 0.845. The second-order valence-corrected chi connectivity index (χ2v) is 4.28. The van der Waals surface area contributed by atoms with Crippen molar-refractivity contribution in [1.82, 2.24) is 5.32 Å². The van der Waals surface area contributed by atoms with Crippen LogP contribution in [0.5, 0.6) is 0 Å². The molecule has 0 heterocycles. The van der Waals surface area contributed by atoms with Gasteiger partial charge in [-0.15, -0.1) is 0 Å². The van der Waals surface area contributed by atoms with Crippen LogP contribution in [0, 0.1) is 11.6 Å². The summed E-state index contributed by atoms with van der Waals surface area (Å²) in [6.07, 6.45) is -5.71. The van der Waals surface area contributed by atoms with Crippen LogP contribution in [0.15, 0.2) is 16.6 Å². The van der Waals surface area contributed by atoms with Gasteiger partial charge in [0, 0.05) is 11.0 Å². The van der Waals surface area contributed by atoms with E-state index in [0.29, 0.717) is 0 Å². The second-order valence-electron chi connectivity index (χ2n) is 3.37. The third-order valence-corrected chi connectivity index (χ3v) is 2.39. The molecule has 1 amide bonds. The average molecular weight is 332 g/mol. The van der Waals surface area contributed by atoms with Gasteiger partial charge in [0.1, 0.15) is 17.2 Å². The highest BCUT2D eigenvalue weighted by Crippen LogP contribution is 2.20. The van der Waals surface area contributed by atoms with Crippen LogP contribution in [0.2, 0.25) is 0 Å². The Morgan fingerprint density at radius 1 is 1.22 bits per heavy atom. The van der Waals surface area contributed by atoms with Crippen LogP contribution in [0.4, 0.5) is 22.0 Å². The minimum atomic E-state index is -4.44. The summed E-state index contributed by atoms with van der Waals surface area (Å²) in [5, 5.41) is 1.80. The third kappa shape index (κ3) is 4.25. The summed E-state index contributed by atoms with van der Waals surface area (Å²) in [4.78, 5) is 11.3. The molecule has 2 nitrogen and oxygen atoms in total. The number of amides is 1. The lowest BCUT2D eigenvalue weighted by Gasteiger charge is -2.09. The molecular formula is C10H7BrF5NO. The maximum absolute atomic E-state index is 13.3. The highest BCUT2D eigenvalue weighted by molar-refractivity contribution is 9.10. The number of hydrogen-bond donors (Lipinski definition) is 1. The summed E-state index contributed by atoms with van der Waals surface area (Å²) < 4.78 is 62.1. The van der Waals surface area contributed by atoms with Gasteiger partial charge in [-0.3, -0.25) is 4.79 Å². The molecule has 0 aliphatic heterocycles. The fourth-order valence-electron chi connectivity index (χ4n) is 1.17. The van der Waals surface area contributed by atoms with Gasteiger partial charge in [-0.1, -0.05) is 15.9 Å². The predicted molar refractivity (Wildman–Crippen MR) is 57.1 cm³/mol. The number of halogens is 6. The smallest absolute Gasteiger partial charge is 0.352 e. The lowest BCUT2D eigenvalue weighted by Crippen LogP contribution is -2.29. The third-order valence-electron chi connectivity index (χ3n) is 1.93. The second kappa shape index (κ2) is 5.64. The normalized spacial score (nSPS) is 11.4. The number of benzene rings is 1. The van der Waals surface area contributed by atoms with Crippen molar-refractivity contribution in [3.63, 3.8) is 0 Å². The van der Waals surface area contributed by atoms with E-state index in [1.54, 1.807) is 5.32 Å². The van der Waals surface area contributed by atoms with Gasteiger partial charge in [-0.25, -0.2) is 8.78 Å². The van der Waals surface area contributed by atoms with E-state index in [4.69, 9.17) is 0 Å². The molecule has 0 aromatic heterocycles. The van der Waals surface area contributed by atoms with Crippen LogP contribution in [0.25, 0.3) is 0 Å². The first kappa shape index (κ1) is 14.9. The Balaban J connectivity index is 2.74. The lowest BCUT2D eigenvalue weighted by atomic mass is 10.2. The van der Waals surface area contributed by atoms with Crippen molar-refractivity contribution >= 4 is 21.8 Å². The first-order valence-corrected chi connectivity index (χ1v) is 5.49. The number of alkyl halides is 3. The Morgan fingerprint density at radius 3 is 2.17 bits per heavy atom. The fraction of sp³-hybridized carbons (Fsp3) is 0.300. The first-order chi connectivity index (χ1) is 8.20. The van der Waals surface area contributed by atoms with Gasteiger partial charge >= 0.3 is 6.18 Å². The van der Waals surface area contributed by atoms with Gasteiger partial charge < -0.3 is 5.32 Å². The summed E-state index contributed by atoms with van der Waals surface area (Å²) in [6, 6.07) is 1.70. The fourth-order valence-corrected chi connectivity index (χ4v) is 1.57. The van der Waals surface area contributed by atoms with E-state index in [9.17, 15) is 26.7 Å². The van der Waals surface area contributed by atoms with Crippen molar-refractivity contribution < 1.29 is 26.7 Å². The van der Waals surface area contributed by atoms with Crippen LogP contribution in [-0.2, 0) is 0 Å². The molecule has 0 bridgehead atoms. The zero-order valence-corrected chi connectivity index (χ0v) is 10.3. The number of rotatable bonds is 3. The summed E-state index contributed by atoms with van der Waals surface area (Å²) in [5.74, 6) is -3.51. The van der Waals surface area contributed by atoms with Crippen LogP contribution in [0.1, 0.15) is 16.8 Å². The maximum atomic E-state index is 13.3. The molecule has 0 fully saturated rings. The van der Waals surface area contributed by atoms with Crippen molar-refractivity contribution in [2.24, 2.45) is 0 Å². The Bertz CT molecular complexity index is 437. The summed E-state index contributed by atoms with van der Waals surface area (Å²) >= 11 is 2.81. The molecule has 1 N–H and O–H groups in total. The molecule has 100 valence electrons. The average Bonchev–Trinajstić information content (AvgIpc) is 2.13. The largest absolute Gasteiger partial charge is 0.390 e. The Labute approximate surface area is 107 Å². The molecule has 0 spiro atoms. The molecule has 1 aromatic rings. The highest BCUT2D eigenvalue weighted by atomic mass is 79.9. The predicted octanol–water partition coefficient (Wildman–Crippen LogP) is 3.41. The van der Waals surface area contributed by atoms with Gasteiger partial charge in [0.2, 0.25) is 0 Å². The van der Waals surface area contributed by atoms with E-state index in [1.807, 2.05) is 0 Å². The van der Waals surface area contributed by atoms with Crippen molar-refractivity contribution in [3.8, 4) is 0 Å². The maximum Gasteiger partial charge on any atom is 0.390 e. The lowest BCUT2D eigenvalue weighted by molar-refractivity contribution is -0.132. The minimum Gasteiger partial charge on any atom is -0.352 e. The van der Waals surface area contributed by atoms with Gasteiger partial charge in [0.05, 0.1) is 6.42 Å². The standard InChI is InChI=1S/C10H7BrF5NO/c11-5-3-6(12)8(7(13)4-5)9(18)17-2-1-10(14,15)16/h3-4H,1-2H2,(H,17,18). The van der Waals surface area contributed by atoms with Crippen molar-refractivity contribution in [2.45, 2.75) is 12.6 Å². The van der Waals surface area contributed by atoms with E-state index in [2.05, 4.69) is 15.9 Å². The Morgan fingerprint density at radius 2 is 1.72 bits per heavy atom. The van der Waals surface area contributed by atoms with E-state index in [-0.39, 0.29) is 4.47 Å². The Kier molecular flexibility index (Phi) is 4.66. The van der Waals surface area contributed by atoms with Crippen LogP contribution < -0.4 is 5.32 Å². The molecule has 0 aliphatic carbocycles. The zero-order chi connectivity index (χ0) is 13.9. The van der Waals surface area contributed by atoms with Crippen molar-refractivity contribution in [2.75, 3.05) is 6.54 Å². The molecule has 0 saturated heterocycles. The van der Waals surface area contributed by atoms with Gasteiger partial charge in [0.15, 0.2) is 0 Å². The number of nitrogens with one attached hydrogen (secondary N) is 1. The van der Waals surface area contributed by atoms with Gasteiger partial charge in [0.25, 0.3) is 5.91 Å². The topological polar surface area (TPSA) is 29.1 Å². The van der Waals surface area contributed by atoms with Crippen LogP contribution in [0.3, 0.4) is 0 Å². The zero-order valence-electron chi connectivity index (χ0n) is 8.74. The molecule has 0 atom stereocenters. The summed E-state index contributed by atoms with van der Waals surface area (Å²) in [6.45, 7) is -0.739. The van der Waals surface area contributed by atoms with Crippen molar-refractivity contribution in [1.29, 1.82) is 0 Å². The monoisotopic (exact) mass is 331 g/mol. The highest BCUT2D eigenvalue weighted by Gasteiger charge is 2.27. The van der Waals surface area contributed by atoms with Crippen LogP contribution >= 0.6 is 15.9 Å². The molecule has 1 rings (SSSR count). The number of carbonyl (C=O) groups is 1. The van der Waals surface area contributed by atoms with Crippen molar-refractivity contribution in [3.05, 3.63) is 33.8 Å². The SMILES string of the molecule is O=C(NCCC(F)(F)F)c1c(F)cc(Br)cc1F. The van der Waals surface area contributed by atoms with Gasteiger partial charge in [-0.2, -0.15) is 13.2 Å². The molecule has 18 heavy (non-hydrogen) atoms. The molecule has 0 aliphatic rings. The van der Waals surface area contributed by atoms with E-state index < -0.39 is 42.2 Å². The number of carbonyl (C=O) groups excluding carboxylic acids is 1. The first-order valence-electron chi connectivity index (χ1n) is 4.70.